The lowest BCUT2D eigenvalue weighted by Crippen LogP contribution is -2.54. The van der Waals surface area contributed by atoms with Gasteiger partial charge in [0, 0.05) is 44.8 Å². The molecule has 4 atom stereocenters. The van der Waals surface area contributed by atoms with Crippen LogP contribution in [0.25, 0.3) is 0 Å². The summed E-state index contributed by atoms with van der Waals surface area (Å²) in [7, 11) is 0. The largest absolute Gasteiger partial charge is 0.314 e. The SMILES string of the molecule is CCNC1CC(C)CC(C)C1CN1CCN(C(C)C)CC1. The van der Waals surface area contributed by atoms with Gasteiger partial charge in [0.05, 0.1) is 0 Å². The Hall–Kier alpha value is -0.120. The Morgan fingerprint density at radius 1 is 1.05 bits per heavy atom. The van der Waals surface area contributed by atoms with Crippen molar-refractivity contribution in [1.29, 1.82) is 0 Å². The zero-order chi connectivity index (χ0) is 15.4. The second-order valence-electron chi connectivity index (χ2n) is 7.81. The van der Waals surface area contributed by atoms with Crippen molar-refractivity contribution in [3.63, 3.8) is 0 Å². The summed E-state index contributed by atoms with van der Waals surface area (Å²) in [5, 5.41) is 3.77. The Bertz CT molecular complexity index is 297. The van der Waals surface area contributed by atoms with E-state index in [1.165, 1.54) is 45.6 Å². The predicted molar refractivity (Wildman–Crippen MR) is 91.7 cm³/mol. The molecule has 1 saturated carbocycles. The maximum absolute atomic E-state index is 3.77. The molecule has 21 heavy (non-hydrogen) atoms. The molecule has 1 saturated heterocycles. The summed E-state index contributed by atoms with van der Waals surface area (Å²) in [5.74, 6) is 2.59. The Morgan fingerprint density at radius 2 is 1.71 bits per heavy atom. The molecule has 3 nitrogen and oxygen atoms in total. The van der Waals surface area contributed by atoms with E-state index >= 15 is 0 Å². The van der Waals surface area contributed by atoms with Crippen LogP contribution in [0.2, 0.25) is 0 Å². The van der Waals surface area contributed by atoms with Gasteiger partial charge in [-0.1, -0.05) is 20.8 Å². The average Bonchev–Trinajstić information content (AvgIpc) is 2.43. The predicted octanol–water partition coefficient (Wildman–Crippen LogP) is 2.67. The van der Waals surface area contributed by atoms with Gasteiger partial charge in [0.15, 0.2) is 0 Å². The third-order valence-electron chi connectivity index (χ3n) is 5.75. The van der Waals surface area contributed by atoms with E-state index in [0.29, 0.717) is 6.04 Å². The van der Waals surface area contributed by atoms with Gasteiger partial charge in [0.25, 0.3) is 0 Å². The Morgan fingerprint density at radius 3 is 2.29 bits per heavy atom. The fourth-order valence-corrected chi connectivity index (χ4v) is 4.48. The highest BCUT2D eigenvalue weighted by molar-refractivity contribution is 4.90. The van der Waals surface area contributed by atoms with E-state index in [1.807, 2.05) is 0 Å². The lowest BCUT2D eigenvalue weighted by atomic mass is 9.72. The maximum atomic E-state index is 3.77. The summed E-state index contributed by atoms with van der Waals surface area (Å²) in [6.07, 6.45) is 2.79. The average molecular weight is 296 g/mol. The van der Waals surface area contributed by atoms with E-state index in [-0.39, 0.29) is 0 Å². The van der Waals surface area contributed by atoms with Gasteiger partial charge in [-0.3, -0.25) is 4.90 Å². The number of piperazine rings is 1. The molecule has 3 heteroatoms. The normalized spacial score (nSPS) is 36.3. The zero-order valence-corrected chi connectivity index (χ0v) is 14.9. The summed E-state index contributed by atoms with van der Waals surface area (Å²) in [6.45, 7) is 19.2. The molecule has 0 amide bonds. The van der Waals surface area contributed by atoms with Gasteiger partial charge in [0.1, 0.15) is 0 Å². The molecule has 1 N–H and O–H groups in total. The Kier molecular flexibility index (Phi) is 6.51. The van der Waals surface area contributed by atoms with Crippen LogP contribution in [0.1, 0.15) is 47.5 Å². The van der Waals surface area contributed by atoms with Gasteiger partial charge in [0.2, 0.25) is 0 Å². The van der Waals surface area contributed by atoms with Crippen molar-refractivity contribution >= 4 is 0 Å². The molecular weight excluding hydrogens is 258 g/mol. The molecule has 124 valence electrons. The second-order valence-corrected chi connectivity index (χ2v) is 7.81. The van der Waals surface area contributed by atoms with Crippen LogP contribution in [0, 0.1) is 17.8 Å². The van der Waals surface area contributed by atoms with E-state index < -0.39 is 0 Å². The first kappa shape index (κ1) is 17.2. The number of hydrogen-bond donors (Lipinski definition) is 1. The maximum Gasteiger partial charge on any atom is 0.0113 e. The first-order chi connectivity index (χ1) is 10.0. The van der Waals surface area contributed by atoms with E-state index in [1.54, 1.807) is 0 Å². The first-order valence-electron chi connectivity index (χ1n) is 9.21. The second kappa shape index (κ2) is 7.94. The highest BCUT2D eigenvalue weighted by Crippen LogP contribution is 2.34. The highest BCUT2D eigenvalue weighted by atomic mass is 15.3. The number of hydrogen-bond acceptors (Lipinski definition) is 3. The van der Waals surface area contributed by atoms with E-state index in [9.17, 15) is 0 Å². The molecule has 0 aromatic rings. The summed E-state index contributed by atoms with van der Waals surface area (Å²) in [6, 6.07) is 1.44. The van der Waals surface area contributed by atoms with E-state index in [2.05, 4.69) is 49.7 Å². The van der Waals surface area contributed by atoms with Crippen molar-refractivity contribution in [2.45, 2.75) is 59.5 Å². The van der Waals surface area contributed by atoms with Gasteiger partial charge < -0.3 is 10.2 Å². The standard InChI is InChI=1S/C18H37N3/c1-6-19-18-12-15(4)11-16(5)17(18)13-20-7-9-21(10-8-20)14(2)3/h14-19H,6-13H2,1-5H3. The molecule has 1 heterocycles. The molecular formula is C18H37N3. The quantitative estimate of drug-likeness (QED) is 0.841. The molecule has 1 aliphatic heterocycles. The van der Waals surface area contributed by atoms with Crippen molar-refractivity contribution < 1.29 is 0 Å². The van der Waals surface area contributed by atoms with Crippen molar-refractivity contribution in [3.05, 3.63) is 0 Å². The van der Waals surface area contributed by atoms with Gasteiger partial charge in [-0.2, -0.15) is 0 Å². The lowest BCUT2D eigenvalue weighted by molar-refractivity contribution is 0.0593. The minimum atomic E-state index is 0.705. The van der Waals surface area contributed by atoms with Gasteiger partial charge >= 0.3 is 0 Å². The van der Waals surface area contributed by atoms with Crippen molar-refractivity contribution in [3.8, 4) is 0 Å². The summed E-state index contributed by atoms with van der Waals surface area (Å²) in [4.78, 5) is 5.34. The fourth-order valence-electron chi connectivity index (χ4n) is 4.48. The summed E-state index contributed by atoms with van der Waals surface area (Å²) in [5.41, 5.74) is 0. The Labute approximate surface area is 132 Å². The van der Waals surface area contributed by atoms with Crippen LogP contribution in [-0.4, -0.2) is 61.2 Å². The number of nitrogens with zero attached hydrogens (tertiary/aromatic N) is 2. The molecule has 2 aliphatic rings. The third kappa shape index (κ3) is 4.67. The molecule has 2 rings (SSSR count). The molecule has 0 aromatic heterocycles. The third-order valence-corrected chi connectivity index (χ3v) is 5.75. The fraction of sp³-hybridized carbons (Fsp3) is 1.00. The summed E-state index contributed by atoms with van der Waals surface area (Å²) >= 11 is 0. The van der Waals surface area contributed by atoms with Gasteiger partial charge in [-0.15, -0.1) is 0 Å². The molecule has 1 aliphatic carbocycles. The van der Waals surface area contributed by atoms with Gasteiger partial charge in [-0.25, -0.2) is 0 Å². The molecule has 4 unspecified atom stereocenters. The van der Waals surface area contributed by atoms with E-state index in [4.69, 9.17) is 0 Å². The van der Waals surface area contributed by atoms with Crippen LogP contribution in [0.3, 0.4) is 0 Å². The van der Waals surface area contributed by atoms with Crippen LogP contribution in [0.5, 0.6) is 0 Å². The highest BCUT2D eigenvalue weighted by Gasteiger charge is 2.35. The molecule has 0 bridgehead atoms. The summed E-state index contributed by atoms with van der Waals surface area (Å²) < 4.78 is 0. The first-order valence-corrected chi connectivity index (χ1v) is 9.21. The van der Waals surface area contributed by atoms with Crippen LogP contribution < -0.4 is 5.32 Å². The number of rotatable bonds is 5. The molecule has 0 radical (unpaired) electrons. The topological polar surface area (TPSA) is 18.5 Å². The monoisotopic (exact) mass is 295 g/mol. The van der Waals surface area contributed by atoms with E-state index in [0.717, 1.165) is 30.3 Å². The number of nitrogens with one attached hydrogen (secondary N) is 1. The minimum Gasteiger partial charge on any atom is -0.314 e. The molecule has 2 fully saturated rings. The van der Waals surface area contributed by atoms with Crippen molar-refractivity contribution in [2.75, 3.05) is 39.3 Å². The van der Waals surface area contributed by atoms with Crippen LogP contribution in [0.4, 0.5) is 0 Å². The molecule has 0 aromatic carbocycles. The van der Waals surface area contributed by atoms with Crippen LogP contribution >= 0.6 is 0 Å². The van der Waals surface area contributed by atoms with Crippen molar-refractivity contribution in [2.24, 2.45) is 17.8 Å². The van der Waals surface area contributed by atoms with Gasteiger partial charge in [-0.05, 0) is 51.0 Å². The zero-order valence-electron chi connectivity index (χ0n) is 14.9. The van der Waals surface area contributed by atoms with Crippen LogP contribution in [-0.2, 0) is 0 Å². The minimum absolute atomic E-state index is 0.705. The van der Waals surface area contributed by atoms with Crippen LogP contribution in [0.15, 0.2) is 0 Å². The molecule has 0 spiro atoms. The lowest BCUT2D eigenvalue weighted by Gasteiger charge is -2.44. The smallest absolute Gasteiger partial charge is 0.0113 e. The Balaban J connectivity index is 1.88. The van der Waals surface area contributed by atoms with Crippen molar-refractivity contribution in [1.82, 2.24) is 15.1 Å².